The first-order valence-electron chi connectivity index (χ1n) is 4.73. The third-order valence-corrected chi connectivity index (χ3v) is 2.99. The first-order valence-corrected chi connectivity index (χ1v) is 6.27. The van der Waals surface area contributed by atoms with Gasteiger partial charge in [0, 0.05) is 0 Å². The molecular weight excluding hydrogens is 214 g/mol. The van der Waals surface area contributed by atoms with Gasteiger partial charge in [0.1, 0.15) is 5.75 Å². The Kier molecular flexibility index (Phi) is 3.71. The van der Waals surface area contributed by atoms with Gasteiger partial charge in [0.25, 0.3) is 0 Å². The standard InChI is InChI=1S/C10H15NO3S/c1-3-8(2)14-9-4-6-10(7-5-9)15(11,12)13/h4-8H,3H2,1-2H3,(H2,11,12,13). The molecule has 0 aliphatic heterocycles. The Labute approximate surface area is 90.1 Å². The number of ether oxygens (including phenoxy) is 1. The van der Waals surface area contributed by atoms with Crippen molar-refractivity contribution in [3.8, 4) is 5.75 Å². The van der Waals surface area contributed by atoms with Crippen molar-refractivity contribution in [3.63, 3.8) is 0 Å². The van der Waals surface area contributed by atoms with E-state index in [1.54, 1.807) is 12.1 Å². The second kappa shape index (κ2) is 4.63. The maximum Gasteiger partial charge on any atom is 0.238 e. The summed E-state index contributed by atoms with van der Waals surface area (Å²) in [5, 5.41) is 4.97. The fraction of sp³-hybridized carbons (Fsp3) is 0.400. The van der Waals surface area contributed by atoms with Crippen LogP contribution in [0.4, 0.5) is 0 Å². The van der Waals surface area contributed by atoms with Crippen LogP contribution in [-0.4, -0.2) is 14.5 Å². The van der Waals surface area contributed by atoms with Crippen molar-refractivity contribution in [1.29, 1.82) is 0 Å². The fourth-order valence-corrected chi connectivity index (χ4v) is 1.54. The van der Waals surface area contributed by atoms with Crippen LogP contribution in [0.1, 0.15) is 20.3 Å². The van der Waals surface area contributed by atoms with E-state index < -0.39 is 10.0 Å². The molecule has 0 radical (unpaired) electrons. The van der Waals surface area contributed by atoms with Gasteiger partial charge in [0.05, 0.1) is 11.0 Å². The number of nitrogens with two attached hydrogens (primary N) is 1. The van der Waals surface area contributed by atoms with E-state index in [9.17, 15) is 8.42 Å². The van der Waals surface area contributed by atoms with Crippen molar-refractivity contribution in [3.05, 3.63) is 24.3 Å². The van der Waals surface area contributed by atoms with Gasteiger partial charge < -0.3 is 4.74 Å². The van der Waals surface area contributed by atoms with Crippen molar-refractivity contribution >= 4 is 10.0 Å². The first-order chi connectivity index (χ1) is 6.93. The highest BCUT2D eigenvalue weighted by atomic mass is 32.2. The zero-order chi connectivity index (χ0) is 11.5. The molecule has 0 spiro atoms. The summed E-state index contributed by atoms with van der Waals surface area (Å²) in [4.78, 5) is 0.0963. The Morgan fingerprint density at radius 1 is 1.33 bits per heavy atom. The minimum Gasteiger partial charge on any atom is -0.491 e. The van der Waals surface area contributed by atoms with E-state index in [0.717, 1.165) is 6.42 Å². The van der Waals surface area contributed by atoms with Gasteiger partial charge in [-0.3, -0.25) is 0 Å². The lowest BCUT2D eigenvalue weighted by atomic mass is 10.3. The van der Waals surface area contributed by atoms with Crippen LogP contribution in [0, 0.1) is 0 Å². The van der Waals surface area contributed by atoms with Crippen molar-refractivity contribution in [1.82, 2.24) is 0 Å². The molecule has 0 aliphatic rings. The lowest BCUT2D eigenvalue weighted by Crippen LogP contribution is -2.12. The first kappa shape index (κ1) is 12.0. The highest BCUT2D eigenvalue weighted by Crippen LogP contribution is 2.16. The molecule has 0 amide bonds. The van der Waals surface area contributed by atoms with Gasteiger partial charge in [-0.25, -0.2) is 13.6 Å². The number of hydrogen-bond donors (Lipinski definition) is 1. The van der Waals surface area contributed by atoms with Crippen LogP contribution in [0.2, 0.25) is 0 Å². The Morgan fingerprint density at radius 2 is 1.87 bits per heavy atom. The van der Waals surface area contributed by atoms with Gasteiger partial charge in [0.15, 0.2) is 0 Å². The minimum absolute atomic E-state index is 0.0963. The lowest BCUT2D eigenvalue weighted by molar-refractivity contribution is 0.217. The van der Waals surface area contributed by atoms with E-state index in [-0.39, 0.29) is 11.0 Å². The molecule has 1 unspecified atom stereocenters. The maximum absolute atomic E-state index is 11.0. The van der Waals surface area contributed by atoms with Crippen LogP contribution >= 0.6 is 0 Å². The molecule has 5 heteroatoms. The molecule has 1 aromatic rings. The SMILES string of the molecule is CCC(C)Oc1ccc(S(N)(=O)=O)cc1. The number of primary sulfonamides is 1. The predicted molar refractivity (Wildman–Crippen MR) is 58.2 cm³/mol. The van der Waals surface area contributed by atoms with Crippen LogP contribution < -0.4 is 9.88 Å². The van der Waals surface area contributed by atoms with Crippen molar-refractivity contribution < 1.29 is 13.2 Å². The molecule has 0 heterocycles. The van der Waals surface area contributed by atoms with Gasteiger partial charge in [-0.1, -0.05) is 6.92 Å². The number of benzene rings is 1. The normalized spacial score (nSPS) is 13.5. The second-order valence-electron chi connectivity index (χ2n) is 3.35. The summed E-state index contributed by atoms with van der Waals surface area (Å²) in [6.07, 6.45) is 1.02. The van der Waals surface area contributed by atoms with E-state index in [1.807, 2.05) is 13.8 Å². The van der Waals surface area contributed by atoms with E-state index in [4.69, 9.17) is 9.88 Å². The van der Waals surface area contributed by atoms with Crippen LogP contribution in [0.15, 0.2) is 29.2 Å². The van der Waals surface area contributed by atoms with Gasteiger partial charge in [0.2, 0.25) is 10.0 Å². The zero-order valence-corrected chi connectivity index (χ0v) is 9.62. The number of sulfonamides is 1. The highest BCUT2D eigenvalue weighted by Gasteiger charge is 2.07. The molecular formula is C10H15NO3S. The molecule has 84 valence electrons. The van der Waals surface area contributed by atoms with Crippen LogP contribution in [0.5, 0.6) is 5.75 Å². The summed E-state index contributed by atoms with van der Waals surface area (Å²) >= 11 is 0. The smallest absolute Gasteiger partial charge is 0.238 e. The van der Waals surface area contributed by atoms with Gasteiger partial charge in [-0.05, 0) is 37.6 Å². The van der Waals surface area contributed by atoms with Crippen molar-refractivity contribution in [2.24, 2.45) is 5.14 Å². The van der Waals surface area contributed by atoms with Crippen molar-refractivity contribution in [2.75, 3.05) is 0 Å². The largest absolute Gasteiger partial charge is 0.491 e. The van der Waals surface area contributed by atoms with E-state index in [0.29, 0.717) is 5.75 Å². The number of hydrogen-bond acceptors (Lipinski definition) is 3. The lowest BCUT2D eigenvalue weighted by Gasteiger charge is -2.12. The molecule has 0 fully saturated rings. The Balaban J connectivity index is 2.82. The van der Waals surface area contributed by atoms with Crippen LogP contribution in [-0.2, 0) is 10.0 Å². The van der Waals surface area contributed by atoms with Crippen LogP contribution in [0.25, 0.3) is 0 Å². The molecule has 0 saturated heterocycles. The Hall–Kier alpha value is -1.07. The molecule has 1 rings (SSSR count). The summed E-state index contributed by atoms with van der Waals surface area (Å²) in [5.41, 5.74) is 0. The fourth-order valence-electron chi connectivity index (χ4n) is 1.02. The topological polar surface area (TPSA) is 69.4 Å². The average molecular weight is 229 g/mol. The summed E-state index contributed by atoms with van der Waals surface area (Å²) < 4.78 is 27.4. The van der Waals surface area contributed by atoms with E-state index >= 15 is 0 Å². The van der Waals surface area contributed by atoms with Crippen molar-refractivity contribution in [2.45, 2.75) is 31.3 Å². The molecule has 0 bridgehead atoms. The molecule has 1 atom stereocenters. The summed E-state index contributed by atoms with van der Waals surface area (Å²) in [6, 6.07) is 6.08. The molecule has 0 aromatic heterocycles. The van der Waals surface area contributed by atoms with E-state index in [1.165, 1.54) is 12.1 Å². The van der Waals surface area contributed by atoms with Gasteiger partial charge >= 0.3 is 0 Å². The summed E-state index contributed by atoms with van der Waals surface area (Å²) in [6.45, 7) is 3.97. The third kappa shape index (κ3) is 3.53. The van der Waals surface area contributed by atoms with Gasteiger partial charge in [-0.2, -0.15) is 0 Å². The Bertz CT molecular complexity index is 411. The van der Waals surface area contributed by atoms with Gasteiger partial charge in [-0.15, -0.1) is 0 Å². The minimum atomic E-state index is -3.61. The number of rotatable bonds is 4. The second-order valence-corrected chi connectivity index (χ2v) is 4.91. The summed E-state index contributed by atoms with van der Waals surface area (Å²) in [5.74, 6) is 0.650. The molecule has 0 aliphatic carbocycles. The zero-order valence-electron chi connectivity index (χ0n) is 8.80. The molecule has 2 N–H and O–H groups in total. The predicted octanol–water partition coefficient (Wildman–Crippen LogP) is 1.51. The van der Waals surface area contributed by atoms with E-state index in [2.05, 4.69) is 0 Å². The average Bonchev–Trinajstić information content (AvgIpc) is 2.17. The third-order valence-electron chi connectivity index (χ3n) is 2.06. The summed E-state index contributed by atoms with van der Waals surface area (Å²) in [7, 11) is -3.61. The highest BCUT2D eigenvalue weighted by molar-refractivity contribution is 7.89. The Morgan fingerprint density at radius 3 is 2.27 bits per heavy atom. The maximum atomic E-state index is 11.0. The van der Waals surface area contributed by atoms with Crippen LogP contribution in [0.3, 0.4) is 0 Å². The molecule has 0 saturated carbocycles. The monoisotopic (exact) mass is 229 g/mol. The molecule has 4 nitrogen and oxygen atoms in total. The quantitative estimate of drug-likeness (QED) is 0.850. The molecule has 1 aromatic carbocycles. The molecule has 15 heavy (non-hydrogen) atoms.